The topological polar surface area (TPSA) is 67.8 Å². The smallest absolute Gasteiger partial charge is 0.316 e. The standard InChI is InChI=1S/C27H35FNO4PS/c1-20(2)16-23-10-8-21(18-25(23)28)6-3-13-32-26-11-9-22(17-24(26)27-7-4-15-35-27)19-29-12-5-14-33-34(30)31/h4,7-11,15,17-18,20,29,34H,3,5-6,12-14,16,19H2,1-2H3,(H,30,31). The molecule has 0 spiro atoms. The quantitative estimate of drug-likeness (QED) is 0.174. The van der Waals surface area contributed by atoms with E-state index in [-0.39, 0.29) is 12.4 Å². The Balaban J connectivity index is 1.53. The Hall–Kier alpha value is -2.02. The summed E-state index contributed by atoms with van der Waals surface area (Å²) < 4.78 is 35.8. The van der Waals surface area contributed by atoms with E-state index >= 15 is 0 Å². The van der Waals surface area contributed by atoms with Crippen molar-refractivity contribution in [3.63, 3.8) is 0 Å². The third kappa shape index (κ3) is 9.51. The summed E-state index contributed by atoms with van der Waals surface area (Å²) in [5.41, 5.74) is 3.97. The molecule has 0 aliphatic carbocycles. The zero-order valence-corrected chi connectivity index (χ0v) is 22.2. The molecule has 1 atom stereocenters. The van der Waals surface area contributed by atoms with Crippen molar-refractivity contribution in [2.75, 3.05) is 19.8 Å². The third-order valence-corrected chi connectivity index (χ3v) is 6.85. The van der Waals surface area contributed by atoms with Crippen molar-refractivity contribution in [3.8, 4) is 16.2 Å². The SMILES string of the molecule is CC(C)Cc1ccc(CCCOc2ccc(CNCCCO[PH](=O)O)cc2-c2cccs2)cc1F. The fourth-order valence-corrected chi connectivity index (χ4v) is 4.90. The minimum absolute atomic E-state index is 0.113. The summed E-state index contributed by atoms with van der Waals surface area (Å²) in [6, 6.07) is 15.9. The number of halogens is 1. The minimum atomic E-state index is -2.85. The second-order valence-electron chi connectivity index (χ2n) is 8.93. The third-order valence-electron chi connectivity index (χ3n) is 5.50. The highest BCUT2D eigenvalue weighted by molar-refractivity contribution is 7.32. The van der Waals surface area contributed by atoms with E-state index in [9.17, 15) is 8.96 Å². The molecule has 5 nitrogen and oxygen atoms in total. The molecule has 0 fully saturated rings. The Morgan fingerprint density at radius 3 is 2.63 bits per heavy atom. The maximum absolute atomic E-state index is 14.4. The molecule has 3 rings (SSSR count). The van der Waals surface area contributed by atoms with Gasteiger partial charge in [0, 0.05) is 17.0 Å². The number of hydrogen-bond donors (Lipinski definition) is 2. The first-order valence-electron chi connectivity index (χ1n) is 12.1. The molecule has 35 heavy (non-hydrogen) atoms. The number of nitrogens with one attached hydrogen (secondary N) is 1. The number of aryl methyl sites for hydroxylation is 1. The average molecular weight is 520 g/mol. The molecular formula is C27H35FNO4PS. The van der Waals surface area contributed by atoms with Crippen molar-refractivity contribution in [2.24, 2.45) is 5.92 Å². The van der Waals surface area contributed by atoms with Crippen LogP contribution in [0.1, 0.15) is 43.4 Å². The number of benzene rings is 2. The lowest BCUT2D eigenvalue weighted by Gasteiger charge is -2.13. The normalized spacial score (nSPS) is 12.3. The second kappa shape index (κ2) is 14.5. The van der Waals surface area contributed by atoms with E-state index in [0.717, 1.165) is 52.1 Å². The van der Waals surface area contributed by atoms with Gasteiger partial charge in [-0.25, -0.2) is 4.39 Å². The van der Waals surface area contributed by atoms with Crippen LogP contribution in [0.3, 0.4) is 0 Å². The maximum Gasteiger partial charge on any atom is 0.316 e. The van der Waals surface area contributed by atoms with Crippen LogP contribution in [-0.4, -0.2) is 24.7 Å². The van der Waals surface area contributed by atoms with Gasteiger partial charge in [0.2, 0.25) is 0 Å². The molecule has 8 heteroatoms. The summed E-state index contributed by atoms with van der Waals surface area (Å²) in [6.45, 7) is 6.40. The Morgan fingerprint density at radius 1 is 1.09 bits per heavy atom. The van der Waals surface area contributed by atoms with E-state index in [2.05, 4.69) is 36.7 Å². The van der Waals surface area contributed by atoms with Crippen molar-refractivity contribution < 1.29 is 23.1 Å². The number of rotatable bonds is 15. The number of thiophene rings is 1. The van der Waals surface area contributed by atoms with Gasteiger partial charge in [0.25, 0.3) is 0 Å². The van der Waals surface area contributed by atoms with E-state index < -0.39 is 8.25 Å². The van der Waals surface area contributed by atoms with Crippen LogP contribution in [0, 0.1) is 11.7 Å². The molecule has 190 valence electrons. The molecule has 1 unspecified atom stereocenters. The van der Waals surface area contributed by atoms with Crippen LogP contribution < -0.4 is 10.1 Å². The summed E-state index contributed by atoms with van der Waals surface area (Å²) in [4.78, 5) is 9.84. The van der Waals surface area contributed by atoms with Gasteiger partial charge in [-0.3, -0.25) is 4.57 Å². The molecule has 0 aliphatic rings. The first-order chi connectivity index (χ1) is 16.9. The Kier molecular flexibility index (Phi) is 11.4. The second-order valence-corrected chi connectivity index (χ2v) is 10.7. The molecule has 0 saturated heterocycles. The van der Waals surface area contributed by atoms with E-state index in [1.807, 2.05) is 30.3 Å². The first-order valence-corrected chi connectivity index (χ1v) is 14.2. The van der Waals surface area contributed by atoms with Crippen molar-refractivity contribution in [3.05, 3.63) is 76.4 Å². The van der Waals surface area contributed by atoms with E-state index in [1.165, 1.54) is 0 Å². The van der Waals surface area contributed by atoms with Gasteiger partial charge in [-0.05, 0) is 84.5 Å². The maximum atomic E-state index is 14.4. The molecule has 0 saturated carbocycles. The lowest BCUT2D eigenvalue weighted by molar-refractivity contribution is 0.276. The summed E-state index contributed by atoms with van der Waals surface area (Å²) >= 11 is 1.67. The summed E-state index contributed by atoms with van der Waals surface area (Å²) in [7, 11) is -2.85. The molecule has 1 aromatic heterocycles. The zero-order chi connectivity index (χ0) is 25.0. The summed E-state index contributed by atoms with van der Waals surface area (Å²) in [5.74, 6) is 1.16. The van der Waals surface area contributed by atoms with Crippen LogP contribution >= 0.6 is 19.6 Å². The average Bonchev–Trinajstić information content (AvgIpc) is 3.35. The van der Waals surface area contributed by atoms with Gasteiger partial charge in [0.05, 0.1) is 13.2 Å². The van der Waals surface area contributed by atoms with Crippen LogP contribution in [-0.2, 0) is 28.5 Å². The highest BCUT2D eigenvalue weighted by Crippen LogP contribution is 2.34. The van der Waals surface area contributed by atoms with Gasteiger partial charge in [-0.15, -0.1) is 11.3 Å². The molecule has 1 heterocycles. The van der Waals surface area contributed by atoms with Crippen LogP contribution in [0.15, 0.2) is 53.9 Å². The number of hydrogen-bond acceptors (Lipinski definition) is 5. The van der Waals surface area contributed by atoms with Crippen LogP contribution in [0.2, 0.25) is 0 Å². The molecule has 0 radical (unpaired) electrons. The zero-order valence-electron chi connectivity index (χ0n) is 20.4. The van der Waals surface area contributed by atoms with Gasteiger partial charge in [-0.2, -0.15) is 0 Å². The van der Waals surface area contributed by atoms with Crippen molar-refractivity contribution in [1.29, 1.82) is 0 Å². The van der Waals surface area contributed by atoms with Gasteiger partial charge < -0.3 is 19.5 Å². The van der Waals surface area contributed by atoms with Crippen LogP contribution in [0.4, 0.5) is 4.39 Å². The van der Waals surface area contributed by atoms with Gasteiger partial charge in [0.15, 0.2) is 0 Å². The number of ether oxygens (including phenoxy) is 1. The fraction of sp³-hybridized carbons (Fsp3) is 0.407. The molecule has 0 aliphatic heterocycles. The van der Waals surface area contributed by atoms with E-state index in [1.54, 1.807) is 17.4 Å². The molecule has 0 amide bonds. The van der Waals surface area contributed by atoms with Gasteiger partial charge in [0.1, 0.15) is 11.6 Å². The Bertz CT molecular complexity index is 1080. The lowest BCUT2D eigenvalue weighted by Crippen LogP contribution is -2.16. The first kappa shape index (κ1) is 27.6. The Morgan fingerprint density at radius 2 is 1.91 bits per heavy atom. The van der Waals surface area contributed by atoms with Crippen LogP contribution in [0.5, 0.6) is 5.75 Å². The molecule has 3 aromatic rings. The monoisotopic (exact) mass is 519 g/mol. The van der Waals surface area contributed by atoms with Crippen molar-refractivity contribution >= 4 is 19.6 Å². The molecular weight excluding hydrogens is 484 g/mol. The van der Waals surface area contributed by atoms with Crippen molar-refractivity contribution in [1.82, 2.24) is 5.32 Å². The van der Waals surface area contributed by atoms with Crippen LogP contribution in [0.25, 0.3) is 10.4 Å². The highest BCUT2D eigenvalue weighted by Gasteiger charge is 2.10. The molecule has 0 bridgehead atoms. The van der Waals surface area contributed by atoms with Crippen molar-refractivity contribution in [2.45, 2.75) is 46.1 Å². The predicted molar refractivity (Wildman–Crippen MR) is 142 cm³/mol. The predicted octanol–water partition coefficient (Wildman–Crippen LogP) is 6.64. The van der Waals surface area contributed by atoms with E-state index in [4.69, 9.17) is 14.2 Å². The summed E-state index contributed by atoms with van der Waals surface area (Å²) in [5, 5.41) is 5.39. The highest BCUT2D eigenvalue weighted by atomic mass is 32.1. The summed E-state index contributed by atoms with van der Waals surface area (Å²) in [6.07, 6.45) is 3.00. The molecule has 2 aromatic carbocycles. The lowest BCUT2D eigenvalue weighted by atomic mass is 10.00. The minimum Gasteiger partial charge on any atom is -0.493 e. The fourth-order valence-electron chi connectivity index (χ4n) is 3.84. The largest absolute Gasteiger partial charge is 0.493 e. The Labute approximate surface area is 212 Å². The van der Waals surface area contributed by atoms with E-state index in [0.29, 0.717) is 32.0 Å². The van der Waals surface area contributed by atoms with Gasteiger partial charge >= 0.3 is 8.25 Å². The molecule has 2 N–H and O–H groups in total. The van der Waals surface area contributed by atoms with Gasteiger partial charge in [-0.1, -0.05) is 38.1 Å².